The predicted octanol–water partition coefficient (Wildman–Crippen LogP) is 9.19. The molecule has 0 aliphatic carbocycles. The molecule has 7 heterocycles. The average Bonchev–Trinajstić information content (AvgIpc) is 1.65. The lowest BCUT2D eigenvalue weighted by molar-refractivity contribution is -0.384. The number of halogens is 1. The number of carbonyl (C=O) groups is 5. The van der Waals surface area contributed by atoms with Gasteiger partial charge in [0.25, 0.3) is 33.4 Å². The molecule has 7 aromatic rings. The number of rotatable bonds is 20. The fourth-order valence-corrected chi connectivity index (χ4v) is 13.5. The molecule has 24 heteroatoms. The Bertz CT molecular complexity index is 4130. The minimum absolute atomic E-state index is 0.0464. The van der Waals surface area contributed by atoms with Crippen LogP contribution in [-0.4, -0.2) is 146 Å². The number of unbranched alkanes of at least 4 members (excludes halogenated alkanes) is 1. The number of piperazine rings is 1. The summed E-state index contributed by atoms with van der Waals surface area (Å²) in [6.07, 6.45) is 8.30. The summed E-state index contributed by atoms with van der Waals surface area (Å²) in [5.74, 6) is 4.88. The number of likely N-dealkylation sites (tertiary alicyclic amines) is 1. The minimum Gasteiger partial charge on any atom is -0.493 e. The molecule has 5 aromatic carbocycles. The number of ether oxygens (including phenoxy) is 3. The van der Waals surface area contributed by atoms with E-state index in [0.717, 1.165) is 96.2 Å². The van der Waals surface area contributed by atoms with Gasteiger partial charge in [0.2, 0.25) is 11.8 Å². The molecule has 1 unspecified atom stereocenters. The van der Waals surface area contributed by atoms with E-state index in [-0.39, 0.29) is 46.9 Å². The Morgan fingerprint density at radius 2 is 1.60 bits per heavy atom. The number of benzene rings is 5. The molecule has 0 radical (unpaired) electrons. The monoisotopic (exact) mass is 1270 g/mol. The summed E-state index contributed by atoms with van der Waals surface area (Å²) >= 11 is 6.38. The molecule has 91 heavy (non-hydrogen) atoms. The number of nitrogens with zero attached hydrogens (tertiary/aromatic N) is 6. The number of anilines is 2. The number of carbonyl (C=O) groups excluding carboxylic acids is 5. The molecule has 22 nitrogen and oxygen atoms in total. The van der Waals surface area contributed by atoms with Crippen LogP contribution in [0.4, 0.5) is 17.1 Å². The van der Waals surface area contributed by atoms with Crippen LogP contribution in [0.15, 0.2) is 126 Å². The van der Waals surface area contributed by atoms with Crippen molar-refractivity contribution in [2.45, 2.75) is 68.8 Å². The number of imide groups is 2. The van der Waals surface area contributed by atoms with Crippen molar-refractivity contribution in [2.75, 3.05) is 82.4 Å². The van der Waals surface area contributed by atoms with Crippen molar-refractivity contribution in [3.63, 3.8) is 0 Å². The van der Waals surface area contributed by atoms with Gasteiger partial charge in [-0.3, -0.25) is 49.2 Å². The molecule has 4 saturated heterocycles. The Balaban J connectivity index is 0.677. The van der Waals surface area contributed by atoms with Crippen LogP contribution in [0.1, 0.15) is 93.6 Å². The Kier molecular flexibility index (Phi) is 18.8. The van der Waals surface area contributed by atoms with Gasteiger partial charge >= 0.3 is 0 Å². The third kappa shape index (κ3) is 14.2. The highest BCUT2D eigenvalue weighted by atomic mass is 35.5. The number of pyridine rings is 1. The molecular formula is C67H67ClN10O12S. The van der Waals surface area contributed by atoms with Crippen molar-refractivity contribution < 1.29 is 51.5 Å². The number of hydrogen-bond acceptors (Lipinski definition) is 17. The van der Waals surface area contributed by atoms with Gasteiger partial charge in [-0.15, -0.1) is 0 Å². The smallest absolute Gasteiger partial charge is 0.293 e. The first kappa shape index (κ1) is 62.0. The lowest BCUT2D eigenvalue weighted by Crippen LogP contribution is -2.54. The van der Waals surface area contributed by atoms with Gasteiger partial charge in [0.15, 0.2) is 0 Å². The quantitative estimate of drug-likeness (QED) is 0.0182. The number of piperidine rings is 2. The molecule has 1 atom stereocenters. The topological polar surface area (TPSA) is 268 Å². The zero-order valence-corrected chi connectivity index (χ0v) is 51.4. The zero-order valence-electron chi connectivity index (χ0n) is 49.8. The maximum atomic E-state index is 14.2. The summed E-state index contributed by atoms with van der Waals surface area (Å²) in [6, 6.07) is 30.0. The van der Waals surface area contributed by atoms with Gasteiger partial charge in [0.05, 0.1) is 39.3 Å². The number of sulfonamides is 1. The molecule has 0 saturated carbocycles. The van der Waals surface area contributed by atoms with Gasteiger partial charge in [-0.25, -0.2) is 18.1 Å². The largest absolute Gasteiger partial charge is 0.493 e. The van der Waals surface area contributed by atoms with Gasteiger partial charge in [-0.1, -0.05) is 53.8 Å². The van der Waals surface area contributed by atoms with E-state index in [4.69, 9.17) is 25.8 Å². The molecule has 0 spiro atoms. The summed E-state index contributed by atoms with van der Waals surface area (Å²) in [5.41, 5.74) is 4.96. The van der Waals surface area contributed by atoms with Crippen LogP contribution in [0.5, 0.6) is 17.2 Å². The van der Waals surface area contributed by atoms with E-state index in [1.165, 1.54) is 24.4 Å². The highest BCUT2D eigenvalue weighted by Crippen LogP contribution is 2.37. The van der Waals surface area contributed by atoms with Crippen LogP contribution in [0.25, 0.3) is 22.2 Å². The van der Waals surface area contributed by atoms with E-state index in [9.17, 15) is 42.5 Å². The molecule has 2 aromatic heterocycles. The van der Waals surface area contributed by atoms with E-state index >= 15 is 0 Å². The molecule has 5 aliphatic heterocycles. The van der Waals surface area contributed by atoms with Crippen LogP contribution in [0.2, 0.25) is 5.02 Å². The summed E-state index contributed by atoms with van der Waals surface area (Å²) in [4.78, 5) is 91.9. The predicted molar refractivity (Wildman–Crippen MR) is 341 cm³/mol. The average molecular weight is 1270 g/mol. The molecule has 0 bridgehead atoms. The van der Waals surface area contributed by atoms with E-state index in [0.29, 0.717) is 93.4 Å². The van der Waals surface area contributed by atoms with Crippen molar-refractivity contribution in [1.82, 2.24) is 34.7 Å². The molecule has 4 N–H and O–H groups in total. The van der Waals surface area contributed by atoms with Crippen molar-refractivity contribution in [2.24, 2.45) is 11.8 Å². The maximum absolute atomic E-state index is 14.2. The summed E-state index contributed by atoms with van der Waals surface area (Å²) < 4.78 is 48.5. The molecular weight excluding hydrogens is 1200 g/mol. The Morgan fingerprint density at radius 3 is 2.38 bits per heavy atom. The number of amides is 5. The number of aromatic nitrogens is 2. The number of aromatic amines is 1. The highest BCUT2D eigenvalue weighted by molar-refractivity contribution is 7.90. The molecule has 4 fully saturated rings. The number of nitrogens with one attached hydrogen (secondary N) is 4. The van der Waals surface area contributed by atoms with Crippen molar-refractivity contribution in [3.8, 4) is 40.2 Å². The minimum atomic E-state index is -4.63. The van der Waals surface area contributed by atoms with Gasteiger partial charge in [0.1, 0.15) is 34.6 Å². The third-order valence-corrected chi connectivity index (χ3v) is 19.1. The van der Waals surface area contributed by atoms with Crippen LogP contribution >= 0.6 is 11.6 Å². The third-order valence-electron chi connectivity index (χ3n) is 17.5. The number of hydrogen-bond donors (Lipinski definition) is 4. The number of fused-ring (bicyclic) bond motifs is 2. The standard InChI is InChI=1S/C67H67ClN10O12S/c68-48-13-11-45(12-14-48)52-8-5-10-59(89-42-44-22-28-74(29-23-44)27-3-1-2-6-46-7-4-9-54-62(46)67(83)77(66(54)82)57-19-20-61(79)72-65(57)81)55(52)41-75-30-32-76(33-31-75)49-15-17-53(60(37-49)90-50-36-47-21-26-69-63(47)71-40-50)64(80)73-91(86,87)51-16-18-56(58(38-51)78(84)85)70-39-43-24-34-88-35-25-43/h4-5,7-18,21,26,36-38,40,43-44,57,70H,1,3,19-20,22-25,27-35,39,41-42H2,(H,69,71)(H,73,80)(H,72,79,81). The first-order valence-corrected chi connectivity index (χ1v) is 32.4. The Morgan fingerprint density at radius 1 is 0.824 bits per heavy atom. The van der Waals surface area contributed by atoms with Crippen LogP contribution < -0.4 is 29.7 Å². The second-order valence-corrected chi connectivity index (χ2v) is 25.5. The molecule has 12 rings (SSSR count). The lowest BCUT2D eigenvalue weighted by Gasteiger charge is -2.37. The second kappa shape index (κ2) is 27.5. The van der Waals surface area contributed by atoms with Gasteiger partial charge in [-0.2, -0.15) is 0 Å². The second-order valence-electron chi connectivity index (χ2n) is 23.4. The van der Waals surface area contributed by atoms with Gasteiger partial charge < -0.3 is 34.3 Å². The van der Waals surface area contributed by atoms with E-state index in [2.05, 4.69) is 57.9 Å². The van der Waals surface area contributed by atoms with Gasteiger partial charge in [-0.05, 0) is 148 Å². The summed E-state index contributed by atoms with van der Waals surface area (Å²) in [7, 11) is -4.63. The first-order valence-electron chi connectivity index (χ1n) is 30.6. The van der Waals surface area contributed by atoms with E-state index < -0.39 is 61.1 Å². The lowest BCUT2D eigenvalue weighted by atomic mass is 9.96. The van der Waals surface area contributed by atoms with Gasteiger partial charge in [0, 0.05) is 111 Å². The maximum Gasteiger partial charge on any atom is 0.293 e. The summed E-state index contributed by atoms with van der Waals surface area (Å²) in [6.45, 7) is 8.02. The summed E-state index contributed by atoms with van der Waals surface area (Å²) in [5, 5.41) is 19.0. The fourth-order valence-electron chi connectivity index (χ4n) is 12.4. The van der Waals surface area contributed by atoms with Crippen molar-refractivity contribution in [1.29, 1.82) is 0 Å². The van der Waals surface area contributed by atoms with Crippen molar-refractivity contribution >= 4 is 79.3 Å². The number of H-pyrrole nitrogens is 1. The van der Waals surface area contributed by atoms with E-state index in [1.54, 1.807) is 42.6 Å². The highest BCUT2D eigenvalue weighted by Gasteiger charge is 2.45. The Labute approximate surface area is 530 Å². The molecule has 5 amide bonds. The molecule has 5 aliphatic rings. The van der Waals surface area contributed by atoms with Crippen LogP contribution in [0, 0.1) is 33.8 Å². The Hall–Kier alpha value is -9.18. The SMILES string of the molecule is O=C1CCC(N2C(=O)c3cccc(C#CCCCN4CCC(COc5cccc(-c6ccc(Cl)cc6)c5CN5CCN(c6ccc(C(=O)NS(=O)(=O)c7ccc(NCC8CCOCC8)c([N+](=O)[O-])c7)c(Oc7cnc8[nH]ccc8c7)c6)CC5)CC4)c3C2=O)C(=O)N1. The van der Waals surface area contributed by atoms with Crippen LogP contribution in [-0.2, 0) is 30.9 Å². The first-order chi connectivity index (χ1) is 44.1. The van der Waals surface area contributed by atoms with Crippen LogP contribution in [0.3, 0.4) is 0 Å². The van der Waals surface area contributed by atoms with Crippen molar-refractivity contribution in [3.05, 3.63) is 165 Å². The normalized spacial score (nSPS) is 17.7. The zero-order chi connectivity index (χ0) is 63.2. The number of nitro benzene ring substituents is 1. The van der Waals surface area contributed by atoms with E-state index in [1.807, 2.05) is 42.5 Å². The number of nitro groups is 1. The fraction of sp³-hybridized carbons (Fsp3) is 0.343. The molecule has 470 valence electrons.